The average molecular weight is 290 g/mol. The summed E-state index contributed by atoms with van der Waals surface area (Å²) in [5.74, 6) is 0. The van der Waals surface area contributed by atoms with Crippen molar-refractivity contribution in [2.75, 3.05) is 13.1 Å². The first-order valence-electron chi connectivity index (χ1n) is 8.01. The molecule has 0 spiro atoms. The number of amides is 1. The Kier molecular flexibility index (Phi) is 6.54. The average Bonchev–Trinajstić information content (AvgIpc) is 2.94. The van der Waals surface area contributed by atoms with Crippen LogP contribution in [0.15, 0.2) is 30.3 Å². The zero-order valence-corrected chi connectivity index (χ0v) is 12.9. The van der Waals surface area contributed by atoms with Crippen LogP contribution in [-0.4, -0.2) is 30.2 Å². The quantitative estimate of drug-likeness (QED) is 0.781. The second-order valence-corrected chi connectivity index (χ2v) is 5.61. The van der Waals surface area contributed by atoms with E-state index in [0.29, 0.717) is 6.61 Å². The molecule has 0 aromatic heterocycles. The molecule has 1 fully saturated rings. The van der Waals surface area contributed by atoms with E-state index in [-0.39, 0.29) is 12.3 Å². The van der Waals surface area contributed by atoms with Crippen LogP contribution in [0.1, 0.15) is 44.6 Å². The predicted molar refractivity (Wildman–Crippen MR) is 83.9 cm³/mol. The lowest BCUT2D eigenvalue weighted by molar-refractivity contribution is 0.120. The van der Waals surface area contributed by atoms with Crippen molar-refractivity contribution >= 4 is 6.09 Å². The fraction of sp³-hybridized carbons (Fsp3) is 0.588. The molecule has 2 rings (SSSR count). The Hall–Kier alpha value is -1.55. The number of hydrogen-bond acceptors (Lipinski definition) is 3. The smallest absolute Gasteiger partial charge is 0.408 e. The van der Waals surface area contributed by atoms with Gasteiger partial charge in [-0.3, -0.25) is 4.90 Å². The molecule has 0 bridgehead atoms. The fourth-order valence-electron chi connectivity index (χ4n) is 2.72. The highest BCUT2D eigenvalue weighted by atomic mass is 16.5. The summed E-state index contributed by atoms with van der Waals surface area (Å²) in [6.07, 6.45) is 5.68. The molecular formula is C17H26N2O2. The Morgan fingerprint density at radius 1 is 1.33 bits per heavy atom. The summed E-state index contributed by atoms with van der Waals surface area (Å²) < 4.78 is 5.29. The van der Waals surface area contributed by atoms with Crippen LogP contribution in [0.5, 0.6) is 0 Å². The molecule has 0 aliphatic carbocycles. The highest BCUT2D eigenvalue weighted by molar-refractivity contribution is 5.67. The van der Waals surface area contributed by atoms with E-state index < -0.39 is 0 Å². The van der Waals surface area contributed by atoms with Crippen molar-refractivity contribution in [1.82, 2.24) is 10.2 Å². The van der Waals surface area contributed by atoms with E-state index in [1.807, 2.05) is 30.3 Å². The number of carbonyl (C=O) groups excluding carboxylic acids is 1. The number of likely N-dealkylation sites (tertiary alicyclic amines) is 1. The molecule has 21 heavy (non-hydrogen) atoms. The second-order valence-electron chi connectivity index (χ2n) is 5.61. The molecule has 1 amide bonds. The van der Waals surface area contributed by atoms with Gasteiger partial charge in [-0.2, -0.15) is 0 Å². The molecule has 1 aliphatic rings. The molecular weight excluding hydrogens is 264 g/mol. The van der Waals surface area contributed by atoms with Crippen molar-refractivity contribution in [3.05, 3.63) is 35.9 Å². The van der Waals surface area contributed by atoms with E-state index in [0.717, 1.165) is 31.5 Å². The number of carbonyl (C=O) groups is 1. The molecule has 0 saturated carbocycles. The van der Waals surface area contributed by atoms with Crippen LogP contribution in [0.25, 0.3) is 0 Å². The molecule has 0 radical (unpaired) electrons. The lowest BCUT2D eigenvalue weighted by Gasteiger charge is -2.24. The van der Waals surface area contributed by atoms with Crippen LogP contribution in [0.2, 0.25) is 0 Å². The lowest BCUT2D eigenvalue weighted by atomic mass is 10.2. The number of alkyl carbamates (subject to hydrolysis) is 1. The van der Waals surface area contributed by atoms with Crippen molar-refractivity contribution < 1.29 is 9.53 Å². The minimum Gasteiger partial charge on any atom is -0.445 e. The van der Waals surface area contributed by atoms with Crippen LogP contribution >= 0.6 is 0 Å². The molecule has 116 valence electrons. The van der Waals surface area contributed by atoms with Gasteiger partial charge in [0.25, 0.3) is 0 Å². The summed E-state index contributed by atoms with van der Waals surface area (Å²) in [5, 5.41) is 2.99. The maximum atomic E-state index is 11.9. The minimum absolute atomic E-state index is 0.144. The Morgan fingerprint density at radius 2 is 2.14 bits per heavy atom. The molecule has 4 nitrogen and oxygen atoms in total. The van der Waals surface area contributed by atoms with Gasteiger partial charge in [0, 0.05) is 13.1 Å². The van der Waals surface area contributed by atoms with Gasteiger partial charge in [-0.15, -0.1) is 0 Å². The van der Waals surface area contributed by atoms with Crippen molar-refractivity contribution in [3.63, 3.8) is 0 Å². The summed E-state index contributed by atoms with van der Waals surface area (Å²) in [6.45, 7) is 4.68. The normalized spacial score (nSPS) is 18.6. The van der Waals surface area contributed by atoms with E-state index in [1.165, 1.54) is 19.3 Å². The molecule has 1 heterocycles. The van der Waals surface area contributed by atoms with E-state index in [2.05, 4.69) is 17.1 Å². The Labute approximate surface area is 127 Å². The van der Waals surface area contributed by atoms with Gasteiger partial charge in [-0.1, -0.05) is 50.1 Å². The van der Waals surface area contributed by atoms with Crippen LogP contribution in [0.4, 0.5) is 4.79 Å². The monoisotopic (exact) mass is 290 g/mol. The van der Waals surface area contributed by atoms with Crippen molar-refractivity contribution in [1.29, 1.82) is 0 Å². The number of nitrogens with zero attached hydrogens (tertiary/aromatic N) is 1. The van der Waals surface area contributed by atoms with Gasteiger partial charge in [0.15, 0.2) is 0 Å². The highest BCUT2D eigenvalue weighted by Gasteiger charge is 2.25. The third-order valence-electron chi connectivity index (χ3n) is 3.91. The van der Waals surface area contributed by atoms with Gasteiger partial charge in [0.05, 0.1) is 6.17 Å². The number of ether oxygens (including phenoxy) is 1. The molecule has 1 unspecified atom stereocenters. The van der Waals surface area contributed by atoms with Gasteiger partial charge in [0.1, 0.15) is 6.61 Å². The summed E-state index contributed by atoms with van der Waals surface area (Å²) in [6, 6.07) is 9.77. The van der Waals surface area contributed by atoms with E-state index in [4.69, 9.17) is 4.74 Å². The third kappa shape index (κ3) is 5.38. The molecule has 1 aliphatic heterocycles. The maximum absolute atomic E-state index is 11.9. The second kappa shape index (κ2) is 8.67. The standard InChI is InChI=1S/C17H26N2O2/c1-2-3-7-12-19-13-8-11-16(19)18-17(20)21-14-15-9-5-4-6-10-15/h4-6,9-10,16H,2-3,7-8,11-14H2,1H3,(H,18,20). The van der Waals surface area contributed by atoms with Gasteiger partial charge >= 0.3 is 6.09 Å². The van der Waals surface area contributed by atoms with E-state index in [1.54, 1.807) is 0 Å². The lowest BCUT2D eigenvalue weighted by Crippen LogP contribution is -2.44. The molecule has 1 atom stereocenters. The first-order chi connectivity index (χ1) is 10.3. The third-order valence-corrected chi connectivity index (χ3v) is 3.91. The first-order valence-corrected chi connectivity index (χ1v) is 8.01. The number of unbranched alkanes of at least 4 members (excludes halogenated alkanes) is 2. The maximum Gasteiger partial charge on any atom is 0.408 e. The Balaban J connectivity index is 1.71. The van der Waals surface area contributed by atoms with Gasteiger partial charge in [-0.25, -0.2) is 4.79 Å². The van der Waals surface area contributed by atoms with Gasteiger partial charge < -0.3 is 10.1 Å². The fourth-order valence-corrected chi connectivity index (χ4v) is 2.72. The molecule has 1 aromatic rings. The summed E-state index contributed by atoms with van der Waals surface area (Å²) in [4.78, 5) is 14.2. The zero-order valence-electron chi connectivity index (χ0n) is 12.9. The van der Waals surface area contributed by atoms with E-state index >= 15 is 0 Å². The first kappa shape index (κ1) is 15.8. The molecule has 4 heteroatoms. The zero-order chi connectivity index (χ0) is 14.9. The number of nitrogens with one attached hydrogen (secondary N) is 1. The minimum atomic E-state index is -0.314. The Morgan fingerprint density at radius 3 is 2.90 bits per heavy atom. The number of benzene rings is 1. The topological polar surface area (TPSA) is 41.6 Å². The van der Waals surface area contributed by atoms with Crippen LogP contribution in [0, 0.1) is 0 Å². The van der Waals surface area contributed by atoms with Crippen molar-refractivity contribution in [3.8, 4) is 0 Å². The summed E-state index contributed by atoms with van der Waals surface area (Å²) in [7, 11) is 0. The van der Waals surface area contributed by atoms with Crippen LogP contribution in [-0.2, 0) is 11.3 Å². The van der Waals surface area contributed by atoms with E-state index in [9.17, 15) is 4.79 Å². The molecule has 1 saturated heterocycles. The van der Waals surface area contributed by atoms with Gasteiger partial charge in [0.2, 0.25) is 0 Å². The summed E-state index contributed by atoms with van der Waals surface area (Å²) in [5.41, 5.74) is 1.01. The molecule has 1 N–H and O–H groups in total. The predicted octanol–water partition coefficient (Wildman–Crippen LogP) is 3.52. The largest absolute Gasteiger partial charge is 0.445 e. The highest BCUT2D eigenvalue weighted by Crippen LogP contribution is 2.16. The van der Waals surface area contributed by atoms with Crippen LogP contribution in [0.3, 0.4) is 0 Å². The SMILES string of the molecule is CCCCCN1CCCC1NC(=O)OCc1ccccc1. The van der Waals surface area contributed by atoms with Crippen LogP contribution < -0.4 is 5.32 Å². The van der Waals surface area contributed by atoms with Crippen molar-refractivity contribution in [2.45, 2.75) is 51.8 Å². The number of rotatable bonds is 7. The van der Waals surface area contributed by atoms with Gasteiger partial charge in [-0.05, 0) is 24.8 Å². The molecule has 1 aromatic carbocycles. The van der Waals surface area contributed by atoms with Crippen molar-refractivity contribution in [2.24, 2.45) is 0 Å². The summed E-state index contributed by atoms with van der Waals surface area (Å²) >= 11 is 0. The Bertz CT molecular complexity index is 422. The number of hydrogen-bond donors (Lipinski definition) is 1.